The highest BCUT2D eigenvalue weighted by Crippen LogP contribution is 2.21. The van der Waals surface area contributed by atoms with E-state index in [0.717, 1.165) is 0 Å². The molecule has 0 aliphatic carbocycles. The second kappa shape index (κ2) is 6.54. The van der Waals surface area contributed by atoms with Crippen LogP contribution in [0.3, 0.4) is 0 Å². The van der Waals surface area contributed by atoms with Gasteiger partial charge in [0.25, 0.3) is 0 Å². The predicted octanol–water partition coefficient (Wildman–Crippen LogP) is 2.89. The number of aliphatic hydroxyl groups excluding tert-OH is 1. The summed E-state index contributed by atoms with van der Waals surface area (Å²) in [6, 6.07) is 5.61. The topological polar surface area (TPSA) is 71.2 Å². The molecule has 0 radical (unpaired) electrons. The predicted molar refractivity (Wildman–Crippen MR) is 80.8 cm³/mol. The van der Waals surface area contributed by atoms with Gasteiger partial charge in [0.05, 0.1) is 12.1 Å². The fourth-order valence-corrected chi connectivity index (χ4v) is 1.89. The molecule has 5 nitrogen and oxygen atoms in total. The Morgan fingerprint density at radius 3 is 2.45 bits per heavy atom. The summed E-state index contributed by atoms with van der Waals surface area (Å²) in [5.41, 5.74) is 0.483. The van der Waals surface area contributed by atoms with Crippen LogP contribution in [-0.2, 0) is 5.41 Å². The van der Waals surface area contributed by atoms with E-state index in [4.69, 9.17) is 4.52 Å². The van der Waals surface area contributed by atoms with Gasteiger partial charge >= 0.3 is 0 Å². The Balaban J connectivity index is 1.93. The molecule has 0 spiro atoms. The minimum absolute atomic E-state index is 0.172. The molecule has 0 aliphatic heterocycles. The van der Waals surface area contributed by atoms with Gasteiger partial charge in [-0.15, -0.1) is 0 Å². The fourth-order valence-electron chi connectivity index (χ4n) is 1.89. The summed E-state index contributed by atoms with van der Waals surface area (Å²) < 4.78 is 18.1. The first-order chi connectivity index (χ1) is 10.3. The van der Waals surface area contributed by atoms with Crippen molar-refractivity contribution >= 4 is 0 Å². The maximum absolute atomic E-state index is 12.9. The van der Waals surface area contributed by atoms with Crippen molar-refractivity contribution in [3.8, 4) is 0 Å². The lowest BCUT2D eigenvalue weighted by Crippen LogP contribution is -2.25. The van der Waals surface area contributed by atoms with Crippen molar-refractivity contribution in [2.75, 3.05) is 6.54 Å². The summed E-state index contributed by atoms with van der Waals surface area (Å²) in [5, 5.41) is 17.2. The number of aliphatic hydroxyl groups is 1. The molecule has 2 rings (SSSR count). The van der Waals surface area contributed by atoms with Gasteiger partial charge in [0, 0.05) is 12.0 Å². The van der Waals surface area contributed by atoms with E-state index in [-0.39, 0.29) is 17.3 Å². The first-order valence-electron chi connectivity index (χ1n) is 7.28. The molecule has 0 bridgehead atoms. The number of nitrogens with one attached hydrogen (secondary N) is 1. The van der Waals surface area contributed by atoms with Gasteiger partial charge in [0.2, 0.25) is 5.89 Å². The van der Waals surface area contributed by atoms with Gasteiger partial charge in [-0.1, -0.05) is 38.1 Å². The molecule has 120 valence electrons. The van der Waals surface area contributed by atoms with E-state index in [1.54, 1.807) is 12.1 Å². The lowest BCUT2D eigenvalue weighted by Gasteiger charge is -2.15. The number of hydrogen-bond acceptors (Lipinski definition) is 5. The minimum atomic E-state index is -0.729. The van der Waals surface area contributed by atoms with Crippen molar-refractivity contribution in [3.63, 3.8) is 0 Å². The molecule has 0 unspecified atom stereocenters. The van der Waals surface area contributed by atoms with Gasteiger partial charge in [-0.25, -0.2) is 4.39 Å². The molecule has 1 aromatic carbocycles. The Bertz CT molecular complexity index is 605. The van der Waals surface area contributed by atoms with Crippen LogP contribution >= 0.6 is 0 Å². The molecule has 0 saturated carbocycles. The van der Waals surface area contributed by atoms with E-state index >= 15 is 0 Å². The van der Waals surface area contributed by atoms with Crippen molar-refractivity contribution < 1.29 is 14.0 Å². The largest absolute Gasteiger partial charge is 0.387 e. The molecule has 1 heterocycles. The zero-order chi connectivity index (χ0) is 16.3. The molecule has 0 fully saturated rings. The van der Waals surface area contributed by atoms with Crippen LogP contribution in [-0.4, -0.2) is 21.8 Å². The normalized spacial score (nSPS) is 14.8. The van der Waals surface area contributed by atoms with Crippen LogP contribution in [0, 0.1) is 5.82 Å². The highest BCUT2D eigenvalue weighted by Gasteiger charge is 2.23. The maximum atomic E-state index is 12.9. The van der Waals surface area contributed by atoms with Crippen molar-refractivity contribution in [1.29, 1.82) is 0 Å². The zero-order valence-corrected chi connectivity index (χ0v) is 13.3. The minimum Gasteiger partial charge on any atom is -0.387 e. The Morgan fingerprint density at radius 1 is 1.27 bits per heavy atom. The molecule has 0 amide bonds. The van der Waals surface area contributed by atoms with Gasteiger partial charge in [-0.05, 0) is 24.6 Å². The molecule has 1 aromatic heterocycles. The summed E-state index contributed by atoms with van der Waals surface area (Å²) in [6.07, 6.45) is -0.729. The number of aromatic nitrogens is 2. The molecule has 2 atom stereocenters. The number of hydrogen-bond donors (Lipinski definition) is 2. The number of rotatable bonds is 5. The first kappa shape index (κ1) is 16.6. The third-order valence-electron chi connectivity index (χ3n) is 3.36. The number of halogens is 1. The average Bonchev–Trinajstić information content (AvgIpc) is 2.95. The van der Waals surface area contributed by atoms with Crippen molar-refractivity contribution in [2.24, 2.45) is 0 Å². The molecule has 2 aromatic rings. The van der Waals surface area contributed by atoms with Crippen LogP contribution in [0.2, 0.25) is 0 Å². The van der Waals surface area contributed by atoms with E-state index in [1.807, 2.05) is 27.7 Å². The number of benzene rings is 1. The average molecular weight is 307 g/mol. The van der Waals surface area contributed by atoms with Crippen LogP contribution in [0.4, 0.5) is 4.39 Å². The zero-order valence-electron chi connectivity index (χ0n) is 13.3. The van der Waals surface area contributed by atoms with Crippen LogP contribution < -0.4 is 5.32 Å². The van der Waals surface area contributed by atoms with Gasteiger partial charge in [-0.3, -0.25) is 0 Å². The van der Waals surface area contributed by atoms with Crippen molar-refractivity contribution in [3.05, 3.63) is 47.4 Å². The summed E-state index contributed by atoms with van der Waals surface area (Å²) in [5.74, 6) is 0.810. The lowest BCUT2D eigenvalue weighted by molar-refractivity contribution is 0.167. The van der Waals surface area contributed by atoms with Crippen molar-refractivity contribution in [1.82, 2.24) is 15.5 Å². The standard InChI is InChI=1S/C16H22FN3O2/c1-10(14-19-15(20-22-14)16(2,3)4)18-9-13(21)11-5-7-12(17)8-6-11/h5-8,10,13,18,21H,9H2,1-4H3/t10-,13-/m0/s1. The molecule has 22 heavy (non-hydrogen) atoms. The van der Waals surface area contributed by atoms with Crippen LogP contribution in [0.1, 0.15) is 57.1 Å². The molecule has 0 aliphatic rings. The van der Waals surface area contributed by atoms with Crippen LogP contribution in [0.25, 0.3) is 0 Å². The SMILES string of the molecule is C[C@H](NC[C@H](O)c1ccc(F)cc1)c1nc(C(C)(C)C)no1. The second-order valence-corrected chi connectivity index (χ2v) is 6.40. The Hall–Kier alpha value is -1.79. The smallest absolute Gasteiger partial charge is 0.243 e. The fraction of sp³-hybridized carbons (Fsp3) is 0.500. The van der Waals surface area contributed by atoms with E-state index < -0.39 is 6.10 Å². The van der Waals surface area contributed by atoms with Gasteiger partial charge in [0.1, 0.15) is 5.82 Å². The summed E-state index contributed by atoms with van der Waals surface area (Å²) in [4.78, 5) is 4.37. The molecule has 6 heteroatoms. The van der Waals surface area contributed by atoms with Gasteiger partial charge in [0.15, 0.2) is 5.82 Å². The summed E-state index contributed by atoms with van der Waals surface area (Å²) in [7, 11) is 0. The summed E-state index contributed by atoms with van der Waals surface area (Å²) >= 11 is 0. The van der Waals surface area contributed by atoms with Gasteiger partial charge in [-0.2, -0.15) is 4.98 Å². The number of nitrogens with zero attached hydrogens (tertiary/aromatic N) is 2. The quantitative estimate of drug-likeness (QED) is 0.888. The van der Waals surface area contributed by atoms with E-state index in [1.165, 1.54) is 12.1 Å². The van der Waals surface area contributed by atoms with Gasteiger partial charge < -0.3 is 14.9 Å². The highest BCUT2D eigenvalue weighted by atomic mass is 19.1. The molecule has 0 saturated heterocycles. The molecule has 2 N–H and O–H groups in total. The van der Waals surface area contributed by atoms with E-state index in [9.17, 15) is 9.50 Å². The van der Waals surface area contributed by atoms with E-state index in [0.29, 0.717) is 23.8 Å². The highest BCUT2D eigenvalue weighted by molar-refractivity contribution is 5.18. The Kier molecular flexibility index (Phi) is 4.93. The first-order valence-corrected chi connectivity index (χ1v) is 7.28. The Labute approximate surface area is 129 Å². The molecular weight excluding hydrogens is 285 g/mol. The Morgan fingerprint density at radius 2 is 1.91 bits per heavy atom. The monoisotopic (exact) mass is 307 g/mol. The van der Waals surface area contributed by atoms with E-state index in [2.05, 4.69) is 15.5 Å². The third-order valence-corrected chi connectivity index (χ3v) is 3.36. The second-order valence-electron chi connectivity index (χ2n) is 6.40. The third kappa shape index (κ3) is 4.11. The van der Waals surface area contributed by atoms with Crippen LogP contribution in [0.15, 0.2) is 28.8 Å². The van der Waals surface area contributed by atoms with Crippen molar-refractivity contribution in [2.45, 2.75) is 45.3 Å². The summed E-state index contributed by atoms with van der Waals surface area (Å²) in [6.45, 7) is 8.23. The maximum Gasteiger partial charge on any atom is 0.243 e. The molecular formula is C16H22FN3O2. The lowest BCUT2D eigenvalue weighted by atomic mass is 9.96. The van der Waals surface area contributed by atoms with Crippen LogP contribution in [0.5, 0.6) is 0 Å².